The van der Waals surface area contributed by atoms with Crippen molar-refractivity contribution in [2.75, 3.05) is 0 Å². The van der Waals surface area contributed by atoms with Crippen LogP contribution < -0.4 is 5.44 Å². The number of aromatic nitrogens is 2. The van der Waals surface area contributed by atoms with Crippen LogP contribution in [-0.2, 0) is 21.1 Å². The van der Waals surface area contributed by atoms with Gasteiger partial charge in [0, 0.05) is 0 Å². The topological polar surface area (TPSA) is 38.9 Å². The molecule has 8 heavy (non-hydrogen) atoms. The van der Waals surface area contributed by atoms with Crippen molar-refractivity contribution in [2.45, 2.75) is 0 Å². The third-order valence-corrected chi connectivity index (χ3v) is 0.575. The minimum absolute atomic E-state index is 0. The Labute approximate surface area is 64.7 Å². The molecule has 1 aromatic rings. The van der Waals surface area contributed by atoms with Gasteiger partial charge in [-0.1, -0.05) is 10.6 Å². The molecular formula is C3H5N2OPW. The SMILES string of the molecule is Pc1[c-]non1.[CH3-].[W+2]. The molecule has 0 bridgehead atoms. The van der Waals surface area contributed by atoms with E-state index < -0.39 is 0 Å². The van der Waals surface area contributed by atoms with Crippen LogP contribution in [0.1, 0.15) is 0 Å². The molecular weight excluding hydrogens is 295 g/mol. The molecule has 3 nitrogen and oxygen atoms in total. The van der Waals surface area contributed by atoms with E-state index in [0.29, 0.717) is 5.44 Å². The van der Waals surface area contributed by atoms with Gasteiger partial charge in [-0.25, -0.2) is 0 Å². The molecule has 1 aromatic heterocycles. The second-order valence-electron chi connectivity index (χ2n) is 0.761. The summed E-state index contributed by atoms with van der Waals surface area (Å²) >= 11 is 0. The van der Waals surface area contributed by atoms with Crippen molar-refractivity contribution in [3.63, 3.8) is 0 Å². The predicted molar refractivity (Wildman–Crippen MR) is 28.9 cm³/mol. The Kier molecular flexibility index (Phi) is 7.49. The minimum Gasteiger partial charge on any atom is -0.358 e. The summed E-state index contributed by atoms with van der Waals surface area (Å²) in [7, 11) is 2.29. The monoisotopic (exact) mass is 300 g/mol. The molecule has 0 N–H and O–H groups in total. The zero-order chi connectivity index (χ0) is 4.41. The second-order valence-corrected chi connectivity index (χ2v) is 1.31. The van der Waals surface area contributed by atoms with Gasteiger partial charge in [0.15, 0.2) is 0 Å². The number of hydrogen-bond acceptors (Lipinski definition) is 3. The van der Waals surface area contributed by atoms with Gasteiger partial charge in [0.25, 0.3) is 0 Å². The van der Waals surface area contributed by atoms with Crippen molar-refractivity contribution < 1.29 is 25.7 Å². The quantitative estimate of drug-likeness (QED) is 0.493. The molecule has 1 heterocycles. The van der Waals surface area contributed by atoms with Crippen LogP contribution in [0.2, 0.25) is 0 Å². The number of hydrogen-bond donors (Lipinski definition) is 0. The van der Waals surface area contributed by atoms with Crippen molar-refractivity contribution >= 4 is 14.7 Å². The maximum absolute atomic E-state index is 4.14. The summed E-state index contributed by atoms with van der Waals surface area (Å²) in [5.74, 6) is 0. The van der Waals surface area contributed by atoms with E-state index in [1.807, 2.05) is 0 Å². The third kappa shape index (κ3) is 3.28. The summed E-state index contributed by atoms with van der Waals surface area (Å²) < 4.78 is 4.14. The van der Waals surface area contributed by atoms with Gasteiger partial charge in [-0.05, 0) is 0 Å². The fraction of sp³-hybridized carbons (Fsp3) is 0. The zero-order valence-electron chi connectivity index (χ0n) is 4.29. The Morgan fingerprint density at radius 2 is 2.25 bits per heavy atom. The Balaban J connectivity index is 0. The largest absolute Gasteiger partial charge is 2.00 e. The minimum atomic E-state index is 0. The van der Waals surface area contributed by atoms with E-state index in [1.165, 1.54) is 0 Å². The van der Waals surface area contributed by atoms with Gasteiger partial charge >= 0.3 is 21.1 Å². The molecule has 1 unspecified atom stereocenters. The van der Waals surface area contributed by atoms with Crippen LogP contribution in [0.3, 0.4) is 0 Å². The Bertz CT molecular complexity index is 121. The summed E-state index contributed by atoms with van der Waals surface area (Å²) in [6, 6.07) is 0. The summed E-state index contributed by atoms with van der Waals surface area (Å²) in [6.07, 6.45) is 2.44. The molecule has 0 aliphatic carbocycles. The van der Waals surface area contributed by atoms with Gasteiger partial charge < -0.3 is 7.43 Å². The van der Waals surface area contributed by atoms with Crippen LogP contribution in [0, 0.1) is 13.6 Å². The summed E-state index contributed by atoms with van der Waals surface area (Å²) in [6.45, 7) is 0. The first kappa shape index (κ1) is 11.1. The maximum atomic E-state index is 4.14. The molecule has 0 aromatic carbocycles. The van der Waals surface area contributed by atoms with Gasteiger partial charge in [-0.2, -0.15) is 0 Å². The molecule has 0 fully saturated rings. The van der Waals surface area contributed by atoms with E-state index in [9.17, 15) is 0 Å². The fourth-order valence-electron chi connectivity index (χ4n) is 0.152. The molecule has 5 heteroatoms. The third-order valence-electron chi connectivity index (χ3n) is 0.340. The normalized spacial score (nSPS) is 6.62. The standard InChI is InChI=1S/C2H2N2OP.CH3.W/c6-2-1-3-5-4-2;;/h6H2;1H3;/q2*-1;+2. The van der Waals surface area contributed by atoms with Gasteiger partial charge in [-0.15, -0.1) is 9.24 Å². The van der Waals surface area contributed by atoms with Gasteiger partial charge in [0.2, 0.25) is 0 Å². The van der Waals surface area contributed by atoms with Gasteiger partial charge in [0.1, 0.15) is 0 Å². The molecule has 0 amide bonds. The van der Waals surface area contributed by atoms with E-state index in [0.717, 1.165) is 0 Å². The van der Waals surface area contributed by atoms with E-state index >= 15 is 0 Å². The van der Waals surface area contributed by atoms with E-state index in [4.69, 9.17) is 0 Å². The molecule has 0 radical (unpaired) electrons. The van der Waals surface area contributed by atoms with Crippen molar-refractivity contribution in [3.05, 3.63) is 13.6 Å². The van der Waals surface area contributed by atoms with Crippen LogP contribution in [0.5, 0.6) is 0 Å². The Morgan fingerprint density at radius 1 is 1.62 bits per heavy atom. The molecule has 1 atom stereocenters. The first-order valence-corrected chi connectivity index (χ1v) is 1.93. The molecule has 0 saturated carbocycles. The molecule has 0 aliphatic rings. The van der Waals surface area contributed by atoms with Crippen LogP contribution in [-0.4, -0.2) is 10.3 Å². The summed E-state index contributed by atoms with van der Waals surface area (Å²) in [4.78, 5) is 0. The Hall–Kier alpha value is 0.258. The first-order valence-electron chi connectivity index (χ1n) is 1.35. The van der Waals surface area contributed by atoms with Gasteiger partial charge in [0.05, 0.1) is 0 Å². The fourth-order valence-corrected chi connectivity index (χ4v) is 0.252. The second kappa shape index (κ2) is 5.40. The van der Waals surface area contributed by atoms with E-state index in [1.54, 1.807) is 0 Å². The van der Waals surface area contributed by atoms with Crippen molar-refractivity contribution in [2.24, 2.45) is 0 Å². The molecule has 0 saturated heterocycles. The molecule has 0 aliphatic heterocycles. The predicted octanol–water partition coefficient (Wildman–Crippen LogP) is -0.182. The molecule has 44 valence electrons. The van der Waals surface area contributed by atoms with Crippen LogP contribution in [0.4, 0.5) is 0 Å². The van der Waals surface area contributed by atoms with Gasteiger partial charge in [-0.3, -0.25) is 16.0 Å². The zero-order valence-corrected chi connectivity index (χ0v) is 8.38. The van der Waals surface area contributed by atoms with Crippen LogP contribution in [0.25, 0.3) is 0 Å². The molecule has 1 rings (SSSR count). The number of rotatable bonds is 0. The molecule has 0 spiro atoms. The summed E-state index contributed by atoms with van der Waals surface area (Å²) in [5, 5.41) is 6.53. The van der Waals surface area contributed by atoms with Crippen LogP contribution >= 0.6 is 9.24 Å². The van der Waals surface area contributed by atoms with E-state index in [2.05, 4.69) is 30.4 Å². The van der Waals surface area contributed by atoms with Crippen molar-refractivity contribution in [3.8, 4) is 0 Å². The van der Waals surface area contributed by atoms with E-state index in [-0.39, 0.29) is 28.5 Å². The Morgan fingerprint density at radius 3 is 2.38 bits per heavy atom. The average molecular weight is 300 g/mol. The smallest absolute Gasteiger partial charge is 0.358 e. The van der Waals surface area contributed by atoms with Crippen molar-refractivity contribution in [1.82, 2.24) is 10.3 Å². The van der Waals surface area contributed by atoms with Crippen LogP contribution in [0.15, 0.2) is 4.63 Å². The average Bonchev–Trinajstić information content (AvgIpc) is 1.86. The maximum Gasteiger partial charge on any atom is 2.00 e. The first-order chi connectivity index (χ1) is 2.89. The van der Waals surface area contributed by atoms with Crippen molar-refractivity contribution in [1.29, 1.82) is 0 Å². The number of nitrogens with zero attached hydrogens (tertiary/aromatic N) is 2. The summed E-state index contributed by atoms with van der Waals surface area (Å²) in [5.41, 5.74) is 0.606.